The Labute approximate surface area is 129 Å². The van der Waals surface area contributed by atoms with Crippen LogP contribution in [0.3, 0.4) is 0 Å². The van der Waals surface area contributed by atoms with Gasteiger partial charge in [-0.05, 0) is 34.6 Å². The molecule has 0 saturated carbocycles. The minimum absolute atomic E-state index is 0.115. The number of nitrogens with zero attached hydrogens (tertiary/aromatic N) is 1. The second-order valence-corrected chi connectivity index (χ2v) is 7.16. The van der Waals surface area contributed by atoms with Gasteiger partial charge in [-0.2, -0.15) is 0 Å². The zero-order chi connectivity index (χ0) is 16.8. The lowest BCUT2D eigenvalue weighted by Crippen LogP contribution is -2.50. The lowest BCUT2D eigenvalue weighted by atomic mass is 9.95. The quantitative estimate of drug-likeness (QED) is 0.753. The van der Waals surface area contributed by atoms with E-state index in [0.717, 1.165) is 6.54 Å². The third-order valence-electron chi connectivity index (χ3n) is 3.42. The fourth-order valence-corrected chi connectivity index (χ4v) is 2.05. The van der Waals surface area contributed by atoms with Crippen molar-refractivity contribution >= 4 is 11.8 Å². The van der Waals surface area contributed by atoms with Gasteiger partial charge in [-0.3, -0.25) is 14.5 Å². The first-order chi connectivity index (χ1) is 9.46. The van der Waals surface area contributed by atoms with Crippen LogP contribution in [-0.2, 0) is 9.59 Å². The van der Waals surface area contributed by atoms with E-state index in [1.165, 1.54) is 0 Å². The Hall–Kier alpha value is -1.10. The second kappa shape index (κ2) is 8.37. The molecule has 0 aliphatic rings. The van der Waals surface area contributed by atoms with Gasteiger partial charge in [-0.1, -0.05) is 20.8 Å². The molecule has 21 heavy (non-hydrogen) atoms. The summed E-state index contributed by atoms with van der Waals surface area (Å²) >= 11 is 0. The maximum atomic E-state index is 12.0. The van der Waals surface area contributed by atoms with Crippen molar-refractivity contribution in [1.82, 2.24) is 15.5 Å². The topological polar surface area (TPSA) is 61.4 Å². The monoisotopic (exact) mass is 299 g/mol. The molecule has 0 bridgehead atoms. The Bertz CT molecular complexity index is 338. The van der Waals surface area contributed by atoms with Crippen molar-refractivity contribution in [2.75, 3.05) is 13.1 Å². The molecule has 0 fully saturated rings. The zero-order valence-electron chi connectivity index (χ0n) is 14.9. The summed E-state index contributed by atoms with van der Waals surface area (Å²) in [6.07, 6.45) is 0. The predicted octanol–water partition coefficient (Wildman–Crippen LogP) is 1.77. The number of rotatable bonds is 7. The van der Waals surface area contributed by atoms with Crippen LogP contribution in [0, 0.1) is 5.41 Å². The van der Waals surface area contributed by atoms with Crippen molar-refractivity contribution in [3.05, 3.63) is 0 Å². The van der Waals surface area contributed by atoms with Crippen LogP contribution in [0.2, 0.25) is 0 Å². The Kier molecular flexibility index (Phi) is 7.93. The highest BCUT2D eigenvalue weighted by Crippen LogP contribution is 2.12. The molecule has 5 heteroatoms. The first kappa shape index (κ1) is 19.9. The molecule has 0 rings (SSSR count). The van der Waals surface area contributed by atoms with E-state index < -0.39 is 11.5 Å². The molecule has 1 unspecified atom stereocenters. The Balaban J connectivity index is 4.23. The molecule has 2 N–H and O–H groups in total. The van der Waals surface area contributed by atoms with Gasteiger partial charge >= 0.3 is 0 Å². The normalized spacial score (nSPS) is 13.7. The van der Waals surface area contributed by atoms with E-state index in [0.29, 0.717) is 18.6 Å². The zero-order valence-corrected chi connectivity index (χ0v) is 14.9. The van der Waals surface area contributed by atoms with Gasteiger partial charge in [-0.15, -0.1) is 0 Å². The summed E-state index contributed by atoms with van der Waals surface area (Å²) in [5.74, 6) is -0.254. The summed E-state index contributed by atoms with van der Waals surface area (Å²) in [6, 6.07) is 0.378. The number of carbonyl (C=O) groups is 2. The lowest BCUT2D eigenvalue weighted by molar-refractivity contribution is -0.133. The van der Waals surface area contributed by atoms with E-state index in [4.69, 9.17) is 0 Å². The predicted molar refractivity (Wildman–Crippen MR) is 87.0 cm³/mol. The van der Waals surface area contributed by atoms with Crippen LogP contribution in [0.15, 0.2) is 0 Å². The molecule has 0 aromatic carbocycles. The maximum Gasteiger partial charge on any atom is 0.242 e. The van der Waals surface area contributed by atoms with E-state index >= 15 is 0 Å². The van der Waals surface area contributed by atoms with E-state index in [2.05, 4.69) is 43.2 Å². The van der Waals surface area contributed by atoms with Crippen molar-refractivity contribution in [1.29, 1.82) is 0 Å². The highest BCUT2D eigenvalue weighted by atomic mass is 16.2. The summed E-state index contributed by atoms with van der Waals surface area (Å²) in [5.41, 5.74) is -0.485. The molecular weight excluding hydrogens is 266 g/mol. The van der Waals surface area contributed by atoms with E-state index in [1.807, 2.05) is 20.8 Å². The molecule has 1 atom stereocenters. The first-order valence-corrected chi connectivity index (χ1v) is 7.81. The molecule has 0 heterocycles. The summed E-state index contributed by atoms with van der Waals surface area (Å²) in [7, 11) is 0. The smallest absolute Gasteiger partial charge is 0.242 e. The van der Waals surface area contributed by atoms with Gasteiger partial charge in [0.2, 0.25) is 11.8 Å². The maximum absolute atomic E-state index is 12.0. The summed E-state index contributed by atoms with van der Waals surface area (Å²) in [6.45, 7) is 17.2. The summed E-state index contributed by atoms with van der Waals surface area (Å²) < 4.78 is 0. The van der Waals surface area contributed by atoms with Gasteiger partial charge in [0.15, 0.2) is 0 Å². The van der Waals surface area contributed by atoms with E-state index in [1.54, 1.807) is 6.92 Å². The molecule has 0 aromatic rings. The van der Waals surface area contributed by atoms with Crippen LogP contribution in [0.25, 0.3) is 0 Å². The fraction of sp³-hybridized carbons (Fsp3) is 0.875. The summed E-state index contributed by atoms with van der Waals surface area (Å²) in [5, 5.41) is 5.62. The lowest BCUT2D eigenvalue weighted by Gasteiger charge is -2.30. The molecule has 0 spiro atoms. The minimum atomic E-state index is -0.511. The van der Waals surface area contributed by atoms with Crippen molar-refractivity contribution in [2.45, 2.75) is 73.5 Å². The van der Waals surface area contributed by atoms with Gasteiger partial charge in [-0.25, -0.2) is 0 Å². The molecule has 124 valence electrons. The second-order valence-electron chi connectivity index (χ2n) is 7.16. The number of carbonyl (C=O) groups excluding carboxylic acids is 2. The standard InChI is InChI=1S/C16H33N3O2/c1-11(2)19(12(3)4)10-9-17-14(20)13(5)18-15(21)16(6,7)8/h11-13H,9-10H2,1-8H3,(H,17,20)(H,18,21). The molecule has 0 aliphatic carbocycles. The Morgan fingerprint density at radius 3 is 1.86 bits per heavy atom. The highest BCUT2D eigenvalue weighted by molar-refractivity contribution is 5.89. The van der Waals surface area contributed by atoms with Crippen LogP contribution >= 0.6 is 0 Å². The van der Waals surface area contributed by atoms with Gasteiger partial charge in [0.1, 0.15) is 6.04 Å². The van der Waals surface area contributed by atoms with Crippen LogP contribution < -0.4 is 10.6 Å². The SMILES string of the molecule is CC(NC(=O)C(C)(C)C)C(=O)NCCN(C(C)C)C(C)C. The minimum Gasteiger partial charge on any atom is -0.353 e. The first-order valence-electron chi connectivity index (χ1n) is 7.81. The van der Waals surface area contributed by atoms with Crippen molar-refractivity contribution in [3.63, 3.8) is 0 Å². The molecular formula is C16H33N3O2. The van der Waals surface area contributed by atoms with Gasteiger partial charge in [0.25, 0.3) is 0 Å². The highest BCUT2D eigenvalue weighted by Gasteiger charge is 2.25. The number of hydrogen-bond acceptors (Lipinski definition) is 3. The average Bonchev–Trinajstić information content (AvgIpc) is 2.31. The van der Waals surface area contributed by atoms with Gasteiger partial charge < -0.3 is 10.6 Å². The van der Waals surface area contributed by atoms with Crippen molar-refractivity contribution < 1.29 is 9.59 Å². The number of hydrogen-bond donors (Lipinski definition) is 2. The molecule has 2 amide bonds. The van der Waals surface area contributed by atoms with Crippen LogP contribution in [0.4, 0.5) is 0 Å². The molecule has 5 nitrogen and oxygen atoms in total. The Morgan fingerprint density at radius 2 is 1.48 bits per heavy atom. The van der Waals surface area contributed by atoms with Crippen LogP contribution in [-0.4, -0.2) is 47.9 Å². The van der Waals surface area contributed by atoms with E-state index in [-0.39, 0.29) is 11.8 Å². The molecule has 0 aliphatic heterocycles. The van der Waals surface area contributed by atoms with Gasteiger partial charge in [0, 0.05) is 30.6 Å². The number of nitrogens with one attached hydrogen (secondary N) is 2. The largest absolute Gasteiger partial charge is 0.353 e. The number of amides is 2. The molecule has 0 radical (unpaired) electrons. The van der Waals surface area contributed by atoms with E-state index in [9.17, 15) is 9.59 Å². The fourth-order valence-electron chi connectivity index (χ4n) is 2.05. The molecule has 0 saturated heterocycles. The summed E-state index contributed by atoms with van der Waals surface area (Å²) in [4.78, 5) is 26.1. The van der Waals surface area contributed by atoms with Crippen LogP contribution in [0.5, 0.6) is 0 Å². The molecule has 0 aromatic heterocycles. The van der Waals surface area contributed by atoms with Gasteiger partial charge in [0.05, 0.1) is 0 Å². The van der Waals surface area contributed by atoms with Crippen molar-refractivity contribution in [3.8, 4) is 0 Å². The third-order valence-corrected chi connectivity index (χ3v) is 3.42. The Morgan fingerprint density at radius 1 is 1.00 bits per heavy atom. The third kappa shape index (κ3) is 7.46. The van der Waals surface area contributed by atoms with Crippen LogP contribution in [0.1, 0.15) is 55.4 Å². The average molecular weight is 299 g/mol. The van der Waals surface area contributed by atoms with Crippen molar-refractivity contribution in [2.24, 2.45) is 5.41 Å².